The Labute approximate surface area is 107 Å². The van der Waals surface area contributed by atoms with Crippen LogP contribution in [0, 0.1) is 0 Å². The Kier molecular flexibility index (Phi) is 3.67. The highest BCUT2D eigenvalue weighted by Gasteiger charge is 2.06. The Morgan fingerprint density at radius 3 is 2.72 bits per heavy atom. The summed E-state index contributed by atoms with van der Waals surface area (Å²) in [6.45, 7) is 2.11. The number of nitrogens with one attached hydrogen (secondary N) is 1. The maximum Gasteiger partial charge on any atom is 0.215 e. The molecule has 0 fully saturated rings. The van der Waals surface area contributed by atoms with Crippen molar-refractivity contribution in [3.63, 3.8) is 0 Å². The molecule has 0 aliphatic carbocycles. The van der Waals surface area contributed by atoms with E-state index in [1.54, 1.807) is 19.2 Å². The number of hydrogen-bond acceptors (Lipinski definition) is 4. The molecule has 2 aromatic rings. The zero-order valence-electron chi connectivity index (χ0n) is 10.6. The third-order valence-electron chi connectivity index (χ3n) is 2.76. The molecule has 0 aliphatic rings. The normalized spacial score (nSPS) is 10.1. The number of nitrogen functional groups attached to an aromatic ring is 1. The van der Waals surface area contributed by atoms with Gasteiger partial charge in [-0.1, -0.05) is 25.1 Å². The molecule has 4 heteroatoms. The van der Waals surface area contributed by atoms with E-state index in [-0.39, 0.29) is 0 Å². The summed E-state index contributed by atoms with van der Waals surface area (Å²) in [6, 6.07) is 11.6. The first-order valence-electron chi connectivity index (χ1n) is 5.90. The molecule has 0 bridgehead atoms. The quantitative estimate of drug-likeness (QED) is 0.866. The number of benzene rings is 1. The number of anilines is 3. The topological polar surface area (TPSA) is 60.2 Å². The number of hydrogen-bond donors (Lipinski definition) is 2. The minimum absolute atomic E-state index is 0.542. The van der Waals surface area contributed by atoms with Gasteiger partial charge in [-0.05, 0) is 24.1 Å². The third-order valence-corrected chi connectivity index (χ3v) is 2.76. The van der Waals surface area contributed by atoms with Crippen molar-refractivity contribution in [3.8, 4) is 5.88 Å². The minimum Gasteiger partial charge on any atom is -0.481 e. The van der Waals surface area contributed by atoms with Gasteiger partial charge in [0.1, 0.15) is 0 Å². The molecule has 1 heterocycles. The lowest BCUT2D eigenvalue weighted by atomic mass is 10.1. The van der Waals surface area contributed by atoms with Crippen LogP contribution in [-0.2, 0) is 6.42 Å². The van der Waals surface area contributed by atoms with Crippen LogP contribution >= 0.6 is 0 Å². The maximum absolute atomic E-state index is 5.90. The van der Waals surface area contributed by atoms with E-state index in [0.717, 1.165) is 12.1 Å². The first-order chi connectivity index (χ1) is 8.74. The molecule has 0 aliphatic heterocycles. The van der Waals surface area contributed by atoms with Crippen molar-refractivity contribution in [1.82, 2.24) is 4.98 Å². The summed E-state index contributed by atoms with van der Waals surface area (Å²) in [7, 11) is 1.59. The average molecular weight is 243 g/mol. The van der Waals surface area contributed by atoms with E-state index in [1.165, 1.54) is 5.56 Å². The molecule has 18 heavy (non-hydrogen) atoms. The Hall–Kier alpha value is -2.23. The number of methoxy groups -OCH3 is 1. The van der Waals surface area contributed by atoms with Gasteiger partial charge < -0.3 is 15.8 Å². The number of para-hydroxylation sites is 1. The van der Waals surface area contributed by atoms with Gasteiger partial charge in [-0.2, -0.15) is 4.98 Å². The molecule has 0 amide bonds. The molecule has 0 spiro atoms. The fraction of sp³-hybridized carbons (Fsp3) is 0.214. The van der Waals surface area contributed by atoms with Gasteiger partial charge in [-0.3, -0.25) is 0 Å². The van der Waals surface area contributed by atoms with Crippen LogP contribution in [0.25, 0.3) is 0 Å². The predicted molar refractivity (Wildman–Crippen MR) is 74.3 cm³/mol. The summed E-state index contributed by atoms with van der Waals surface area (Å²) in [6.07, 6.45) is 0.951. The Balaban J connectivity index is 2.33. The van der Waals surface area contributed by atoms with Crippen molar-refractivity contribution in [3.05, 3.63) is 42.0 Å². The van der Waals surface area contributed by atoms with Crippen molar-refractivity contribution >= 4 is 17.2 Å². The largest absolute Gasteiger partial charge is 0.481 e. The van der Waals surface area contributed by atoms with Crippen LogP contribution in [0.2, 0.25) is 0 Å². The number of aryl methyl sites for hydroxylation is 1. The first-order valence-corrected chi connectivity index (χ1v) is 5.90. The molecule has 3 N–H and O–H groups in total. The highest BCUT2D eigenvalue weighted by Crippen LogP contribution is 2.25. The second-order valence-electron chi connectivity index (χ2n) is 3.93. The van der Waals surface area contributed by atoms with E-state index in [0.29, 0.717) is 17.4 Å². The number of ether oxygens (including phenoxy) is 1. The summed E-state index contributed by atoms with van der Waals surface area (Å²) >= 11 is 0. The molecule has 0 saturated heterocycles. The standard InChI is InChI=1S/C14H17N3O/c1-3-10-6-4-5-7-12(10)16-14-11(15)8-9-13(17-14)18-2/h4-9H,3,15H2,1-2H3,(H,16,17). The molecule has 4 nitrogen and oxygen atoms in total. The van der Waals surface area contributed by atoms with Crippen LogP contribution in [0.15, 0.2) is 36.4 Å². The number of nitrogens with zero attached hydrogens (tertiary/aromatic N) is 1. The zero-order chi connectivity index (χ0) is 13.0. The zero-order valence-corrected chi connectivity index (χ0v) is 10.6. The molecule has 0 saturated carbocycles. The van der Waals surface area contributed by atoms with Crippen molar-refractivity contribution in [2.75, 3.05) is 18.2 Å². The lowest BCUT2D eigenvalue weighted by molar-refractivity contribution is 0.398. The summed E-state index contributed by atoms with van der Waals surface area (Å²) < 4.78 is 5.10. The highest BCUT2D eigenvalue weighted by atomic mass is 16.5. The first kappa shape index (κ1) is 12.2. The van der Waals surface area contributed by atoms with Gasteiger partial charge >= 0.3 is 0 Å². The van der Waals surface area contributed by atoms with E-state index >= 15 is 0 Å². The summed E-state index contributed by atoms with van der Waals surface area (Å²) in [4.78, 5) is 4.30. The van der Waals surface area contributed by atoms with Crippen molar-refractivity contribution in [1.29, 1.82) is 0 Å². The second-order valence-corrected chi connectivity index (χ2v) is 3.93. The Bertz CT molecular complexity index is 540. The molecule has 2 rings (SSSR count). The van der Waals surface area contributed by atoms with Crippen LogP contribution in [0.1, 0.15) is 12.5 Å². The van der Waals surface area contributed by atoms with E-state index in [1.807, 2.05) is 18.2 Å². The van der Waals surface area contributed by atoms with Crippen LogP contribution in [0.3, 0.4) is 0 Å². The van der Waals surface area contributed by atoms with Crippen LogP contribution in [0.4, 0.5) is 17.2 Å². The molecule has 1 aromatic heterocycles. The van der Waals surface area contributed by atoms with Gasteiger partial charge in [0.2, 0.25) is 5.88 Å². The lowest BCUT2D eigenvalue weighted by Crippen LogP contribution is -2.02. The highest BCUT2D eigenvalue weighted by molar-refractivity contribution is 5.70. The van der Waals surface area contributed by atoms with Gasteiger partial charge in [0.15, 0.2) is 5.82 Å². The molecule has 0 unspecified atom stereocenters. The van der Waals surface area contributed by atoms with E-state index in [9.17, 15) is 0 Å². The molecular formula is C14H17N3O. The summed E-state index contributed by atoms with van der Waals surface area (Å²) in [5, 5.41) is 3.25. The van der Waals surface area contributed by atoms with Crippen LogP contribution in [0.5, 0.6) is 5.88 Å². The fourth-order valence-electron chi connectivity index (χ4n) is 1.74. The molecule has 0 atom stereocenters. The number of pyridine rings is 1. The average Bonchev–Trinajstić information content (AvgIpc) is 2.42. The van der Waals surface area contributed by atoms with E-state index in [4.69, 9.17) is 10.5 Å². The molecule has 0 radical (unpaired) electrons. The summed E-state index contributed by atoms with van der Waals surface area (Å²) in [5.74, 6) is 1.16. The number of rotatable bonds is 4. The Morgan fingerprint density at radius 1 is 1.22 bits per heavy atom. The fourth-order valence-corrected chi connectivity index (χ4v) is 1.74. The van der Waals surface area contributed by atoms with Gasteiger partial charge in [0.05, 0.1) is 12.8 Å². The van der Waals surface area contributed by atoms with E-state index < -0.39 is 0 Å². The van der Waals surface area contributed by atoms with Gasteiger partial charge in [0.25, 0.3) is 0 Å². The number of aromatic nitrogens is 1. The van der Waals surface area contributed by atoms with Gasteiger partial charge in [-0.15, -0.1) is 0 Å². The minimum atomic E-state index is 0.542. The smallest absolute Gasteiger partial charge is 0.215 e. The maximum atomic E-state index is 5.90. The van der Waals surface area contributed by atoms with Gasteiger partial charge in [0, 0.05) is 11.8 Å². The van der Waals surface area contributed by atoms with Crippen molar-refractivity contribution in [2.24, 2.45) is 0 Å². The second kappa shape index (κ2) is 5.40. The van der Waals surface area contributed by atoms with Crippen LogP contribution < -0.4 is 15.8 Å². The summed E-state index contributed by atoms with van der Waals surface area (Å²) in [5.41, 5.74) is 8.75. The van der Waals surface area contributed by atoms with Crippen molar-refractivity contribution in [2.45, 2.75) is 13.3 Å². The monoisotopic (exact) mass is 243 g/mol. The number of nitrogens with two attached hydrogens (primary N) is 1. The predicted octanol–water partition coefficient (Wildman–Crippen LogP) is 2.98. The molecule has 94 valence electrons. The molecule has 1 aromatic carbocycles. The van der Waals surface area contributed by atoms with Crippen molar-refractivity contribution < 1.29 is 4.74 Å². The van der Waals surface area contributed by atoms with Gasteiger partial charge in [-0.25, -0.2) is 0 Å². The Morgan fingerprint density at radius 2 is 2.00 bits per heavy atom. The van der Waals surface area contributed by atoms with E-state index in [2.05, 4.69) is 23.3 Å². The lowest BCUT2D eigenvalue weighted by Gasteiger charge is -2.12. The van der Waals surface area contributed by atoms with Crippen LogP contribution in [-0.4, -0.2) is 12.1 Å². The molecular weight excluding hydrogens is 226 g/mol. The SMILES string of the molecule is CCc1ccccc1Nc1nc(OC)ccc1N. The third kappa shape index (κ3) is 2.53.